The lowest BCUT2D eigenvalue weighted by Gasteiger charge is -2.36. The third-order valence-electron chi connectivity index (χ3n) is 24.0. The minimum atomic E-state index is -0.564. The number of aromatic amines is 5. The fraction of sp³-hybridized carbons (Fsp3) is 0.265. The summed E-state index contributed by atoms with van der Waals surface area (Å²) in [4.78, 5) is 89.3. The van der Waals surface area contributed by atoms with E-state index in [-0.39, 0.29) is 60.5 Å². The number of nitrogens with one attached hydrogen (secondary N) is 5. The zero-order chi connectivity index (χ0) is 91.1. The SMILES string of the molecule is CC(C)OC(=O)N1CCc2c([nH]c3ccc(Cl)cc23)C1c1cccc(Br)c1.CCCOC(=O)N1CCc2c([nH]c3ccc(Cl)cc23)C1c1ccccc1.CCCOC(=O)N1CCc2c([nH]c3ccc(Cl)cc23)C1c1ccccc1F.CCOC(=O)N1CCc2c([nH]c3ccc(Cl)cc23)C1c1cccc(Br)c1.COC(=O)N1CCc2c([nH]c3ccc(Cl)cc23)C1c1ccccc1. The van der Waals surface area contributed by atoms with E-state index in [9.17, 15) is 28.4 Å². The standard InChI is InChI=1S/C21H20BrClN2O2.C21H20ClFN2O2.C21H21ClN2O2.C20H18BrClN2O2.C19H17ClN2O2/c1-12(2)27-21(26)25-9-8-16-17-11-15(23)6-7-18(17)24-19(16)20(25)13-4-3-5-14(22)10-13;1-2-11-27-21(26)25-10-9-14-16-12-13(22)7-8-18(16)24-19(14)20(25)15-5-3-4-6-17(15)23;1-2-12-26-21(25)24-11-10-16-17-13-15(22)8-9-18(17)23-19(16)20(24)14-6-4-3-5-7-14;1-2-26-20(25)24-9-8-15-16-11-14(22)6-7-17(16)23-18(15)19(24)12-4-3-5-13(21)10-12;1-24-19(23)22-10-9-14-15-11-13(20)7-8-16(15)21-17(14)18(22)12-5-3-2-4-6-12/h3-7,10-12,20,24H,8-9H2,1-2H3;3-8,12,20,24H,2,9-11H2,1H3;3-9,13,20,23H,2,10-12H2,1H3;3-7,10-11,19,23H,2,8-9H2,1H3;2-8,11,18,21H,9-10H2,1H3. The number of methoxy groups -OCH3 is 1. The molecule has 0 spiro atoms. The van der Waals surface area contributed by atoms with Gasteiger partial charge in [0.1, 0.15) is 36.0 Å². The van der Waals surface area contributed by atoms with Crippen molar-refractivity contribution in [1.82, 2.24) is 49.4 Å². The molecule has 10 heterocycles. The molecule has 5 N–H and O–H groups in total. The summed E-state index contributed by atoms with van der Waals surface area (Å²) >= 11 is 38.1. The number of rotatable bonds is 11. The smallest absolute Gasteiger partial charge is 0.410 e. The molecule has 0 bridgehead atoms. The van der Waals surface area contributed by atoms with Crippen molar-refractivity contribution in [2.45, 2.75) is 116 Å². The number of ether oxygens (including phenoxy) is 5. The summed E-state index contributed by atoms with van der Waals surface area (Å²) in [6, 6.07) is 70.5. The minimum Gasteiger partial charge on any atom is -0.453 e. The van der Waals surface area contributed by atoms with Crippen molar-refractivity contribution in [2.75, 3.05) is 59.7 Å². The van der Waals surface area contributed by atoms with Gasteiger partial charge in [-0.2, -0.15) is 0 Å². The van der Waals surface area contributed by atoms with E-state index in [1.165, 1.54) is 35.4 Å². The van der Waals surface area contributed by atoms with E-state index in [0.29, 0.717) is 79.6 Å². The number of benzene rings is 10. The lowest BCUT2D eigenvalue weighted by Crippen LogP contribution is -2.41. The maximum absolute atomic E-state index is 14.7. The number of halogens is 8. The van der Waals surface area contributed by atoms with Gasteiger partial charge in [-0.25, -0.2) is 28.4 Å². The Morgan fingerprint density at radius 3 is 0.969 bits per heavy atom. The summed E-state index contributed by atoms with van der Waals surface area (Å²) < 4.78 is 43.3. The molecule has 130 heavy (non-hydrogen) atoms. The summed E-state index contributed by atoms with van der Waals surface area (Å²) in [6.07, 6.45) is 3.52. The van der Waals surface area contributed by atoms with Crippen LogP contribution >= 0.6 is 89.9 Å². The second-order valence-electron chi connectivity index (χ2n) is 32.5. The van der Waals surface area contributed by atoms with Crippen molar-refractivity contribution in [3.8, 4) is 0 Å². The molecule has 0 fully saturated rings. The number of aromatic nitrogens is 5. The van der Waals surface area contributed by atoms with Crippen molar-refractivity contribution in [2.24, 2.45) is 0 Å². The largest absolute Gasteiger partial charge is 0.453 e. The second kappa shape index (κ2) is 40.9. The van der Waals surface area contributed by atoms with Crippen LogP contribution in [0.5, 0.6) is 0 Å². The lowest BCUT2D eigenvalue weighted by molar-refractivity contribution is 0.0654. The Morgan fingerprint density at radius 1 is 0.362 bits per heavy atom. The molecule has 15 aromatic rings. The molecule has 0 aliphatic carbocycles. The highest BCUT2D eigenvalue weighted by atomic mass is 79.9. The zero-order valence-electron chi connectivity index (χ0n) is 72.3. The van der Waals surface area contributed by atoms with E-state index in [4.69, 9.17) is 81.7 Å². The molecule has 10 aromatic carbocycles. The van der Waals surface area contributed by atoms with E-state index in [1.54, 1.807) is 37.8 Å². The molecule has 5 aliphatic heterocycles. The highest BCUT2D eigenvalue weighted by Crippen LogP contribution is 2.47. The highest BCUT2D eigenvalue weighted by molar-refractivity contribution is 9.10. The topological polar surface area (TPSA) is 227 Å². The first-order valence-corrected chi connectivity index (χ1v) is 46.9. The van der Waals surface area contributed by atoms with E-state index >= 15 is 0 Å². The number of H-pyrrole nitrogens is 5. The number of fused-ring (bicyclic) bond motifs is 15. The highest BCUT2D eigenvalue weighted by Gasteiger charge is 2.42. The number of hydrogen-bond donors (Lipinski definition) is 5. The van der Waals surface area contributed by atoms with Gasteiger partial charge in [0.15, 0.2) is 0 Å². The molecule has 20 nitrogen and oxygen atoms in total. The third-order valence-corrected chi connectivity index (χ3v) is 26.2. The van der Waals surface area contributed by atoms with Crippen LogP contribution in [0.25, 0.3) is 54.5 Å². The Kier molecular flexibility index (Phi) is 28.9. The van der Waals surface area contributed by atoms with Gasteiger partial charge in [0, 0.05) is 155 Å². The van der Waals surface area contributed by atoms with Crippen LogP contribution < -0.4 is 0 Å². The van der Waals surface area contributed by atoms with Crippen LogP contribution in [0.1, 0.15) is 162 Å². The molecule has 5 aliphatic rings. The van der Waals surface area contributed by atoms with Gasteiger partial charge in [0.05, 0.1) is 33.0 Å². The second-order valence-corrected chi connectivity index (χ2v) is 36.6. The number of carbonyl (C=O) groups excluding carboxylic acids is 5. The summed E-state index contributed by atoms with van der Waals surface area (Å²) in [5.74, 6) is -0.347. The maximum atomic E-state index is 14.7. The molecule has 670 valence electrons. The van der Waals surface area contributed by atoms with Crippen molar-refractivity contribution >= 4 is 175 Å². The first-order valence-electron chi connectivity index (χ1n) is 43.5. The Balaban J connectivity index is 0.000000119. The normalized spacial score (nSPS) is 16.6. The molecule has 5 atom stereocenters. The van der Waals surface area contributed by atoms with Crippen molar-refractivity contribution in [1.29, 1.82) is 0 Å². The van der Waals surface area contributed by atoms with Crippen molar-refractivity contribution < 1.29 is 52.0 Å². The first-order chi connectivity index (χ1) is 63.0. The predicted molar refractivity (Wildman–Crippen MR) is 520 cm³/mol. The molecule has 28 heteroatoms. The fourth-order valence-electron chi connectivity index (χ4n) is 18.5. The molecule has 20 rings (SSSR count). The van der Waals surface area contributed by atoms with E-state index < -0.39 is 12.1 Å². The van der Waals surface area contributed by atoms with Gasteiger partial charge in [-0.3, -0.25) is 24.5 Å². The Bertz CT molecular complexity index is 6680. The van der Waals surface area contributed by atoms with Crippen LogP contribution in [0.4, 0.5) is 28.4 Å². The van der Waals surface area contributed by atoms with Gasteiger partial charge in [0.2, 0.25) is 0 Å². The van der Waals surface area contributed by atoms with Gasteiger partial charge in [0.25, 0.3) is 0 Å². The Labute approximate surface area is 794 Å². The fourth-order valence-corrected chi connectivity index (χ4v) is 20.1. The molecule has 5 unspecified atom stereocenters. The summed E-state index contributed by atoms with van der Waals surface area (Å²) in [5.41, 5.74) is 20.6. The summed E-state index contributed by atoms with van der Waals surface area (Å²) in [7, 11) is 1.42. The Hall–Kier alpha value is -11.4. The molecule has 5 aromatic heterocycles. The van der Waals surface area contributed by atoms with Crippen LogP contribution in [-0.2, 0) is 55.8 Å². The maximum Gasteiger partial charge on any atom is 0.410 e. The van der Waals surface area contributed by atoms with Crippen LogP contribution in [-0.4, -0.2) is 146 Å². The zero-order valence-corrected chi connectivity index (χ0v) is 79.2. The lowest BCUT2D eigenvalue weighted by atomic mass is 9.92. The molecule has 0 saturated heterocycles. The van der Waals surface area contributed by atoms with Crippen LogP contribution in [0, 0.1) is 5.82 Å². The molecular weight excluding hydrogens is 1880 g/mol. The third kappa shape index (κ3) is 19.5. The van der Waals surface area contributed by atoms with Gasteiger partial charge < -0.3 is 48.6 Å². The van der Waals surface area contributed by atoms with Gasteiger partial charge in [-0.15, -0.1) is 0 Å². The summed E-state index contributed by atoms with van der Waals surface area (Å²) in [6.45, 7) is 13.5. The van der Waals surface area contributed by atoms with E-state index in [1.807, 2.05) is 228 Å². The quantitative estimate of drug-likeness (QED) is 0.0770. The molecular formula is C102H96Br2Cl5FN10O10. The molecule has 0 radical (unpaired) electrons. The predicted octanol–water partition coefficient (Wildman–Crippen LogP) is 27.1. The average molecular weight is 1980 g/mol. The molecule has 5 amide bonds. The Morgan fingerprint density at radius 2 is 0.654 bits per heavy atom. The number of carbonyl (C=O) groups is 5. The van der Waals surface area contributed by atoms with Crippen LogP contribution in [0.2, 0.25) is 25.1 Å². The van der Waals surface area contributed by atoms with E-state index in [2.05, 4.69) is 68.9 Å². The van der Waals surface area contributed by atoms with Crippen molar-refractivity contribution in [3.05, 3.63) is 348 Å². The van der Waals surface area contributed by atoms with Gasteiger partial charge >= 0.3 is 30.5 Å². The number of hydrogen-bond acceptors (Lipinski definition) is 10. The number of nitrogens with zero attached hydrogens (tertiary/aromatic N) is 5. The van der Waals surface area contributed by atoms with E-state index in [0.717, 1.165) is 168 Å². The number of amides is 5. The molecule has 0 saturated carbocycles. The van der Waals surface area contributed by atoms with Gasteiger partial charge in [-0.1, -0.05) is 207 Å². The first kappa shape index (κ1) is 91.9. The minimum absolute atomic E-state index is 0.163. The summed E-state index contributed by atoms with van der Waals surface area (Å²) in [5, 5.41) is 9.03. The van der Waals surface area contributed by atoms with Crippen LogP contribution in [0.3, 0.4) is 0 Å². The van der Waals surface area contributed by atoms with Gasteiger partial charge in [-0.05, 0) is 237 Å². The van der Waals surface area contributed by atoms with Crippen LogP contribution in [0.15, 0.2) is 233 Å². The van der Waals surface area contributed by atoms with Crippen molar-refractivity contribution in [3.63, 3.8) is 0 Å². The average Bonchev–Trinajstić information content (AvgIpc) is 1.62. The monoisotopic (exact) mass is 1970 g/mol.